The minimum atomic E-state index is -0.379. The van der Waals surface area contributed by atoms with Gasteiger partial charge in [0.15, 0.2) is 0 Å². The fourth-order valence-electron chi connectivity index (χ4n) is 2.55. The van der Waals surface area contributed by atoms with Gasteiger partial charge in [-0.1, -0.05) is 17.7 Å². The molecule has 0 saturated carbocycles. The van der Waals surface area contributed by atoms with E-state index in [0.29, 0.717) is 6.61 Å². The second-order valence-electron chi connectivity index (χ2n) is 5.07. The summed E-state index contributed by atoms with van der Waals surface area (Å²) in [5, 5.41) is 3.13. The molecule has 0 N–H and O–H groups in total. The first-order valence-electron chi connectivity index (χ1n) is 6.85. The molecule has 0 spiro atoms. The van der Waals surface area contributed by atoms with Gasteiger partial charge in [-0.05, 0) is 24.6 Å². The van der Waals surface area contributed by atoms with Gasteiger partial charge in [-0.2, -0.15) is 0 Å². The molecule has 0 unspecified atom stereocenters. The lowest BCUT2D eigenvalue weighted by Gasteiger charge is -2.36. The van der Waals surface area contributed by atoms with Crippen molar-refractivity contribution >= 4 is 22.9 Å². The van der Waals surface area contributed by atoms with Gasteiger partial charge < -0.3 is 4.74 Å². The van der Waals surface area contributed by atoms with E-state index < -0.39 is 0 Å². The molecule has 1 aliphatic heterocycles. The summed E-state index contributed by atoms with van der Waals surface area (Å²) in [6, 6.07) is 5.08. The smallest absolute Gasteiger partial charge is 0.141 e. The molecule has 0 amide bonds. The van der Waals surface area contributed by atoms with Crippen molar-refractivity contribution in [1.29, 1.82) is 0 Å². The molecular weight excluding hydrogens is 311 g/mol. The molecule has 2 aromatic rings. The fourth-order valence-corrected chi connectivity index (χ4v) is 3.41. The fraction of sp³-hybridized carbons (Fsp3) is 0.400. The largest absolute Gasteiger partial charge is 0.368 e. The third kappa shape index (κ3) is 3.26. The average molecular weight is 327 g/mol. The van der Waals surface area contributed by atoms with E-state index in [-0.39, 0.29) is 23.0 Å². The second-order valence-corrected chi connectivity index (χ2v) is 6.41. The zero-order chi connectivity index (χ0) is 14.8. The maximum absolute atomic E-state index is 13.3. The van der Waals surface area contributed by atoms with Crippen LogP contribution in [0.25, 0.3) is 0 Å². The van der Waals surface area contributed by atoms with Crippen LogP contribution >= 0.6 is 22.9 Å². The van der Waals surface area contributed by atoms with Gasteiger partial charge in [0.05, 0.1) is 11.6 Å². The number of benzene rings is 1. The minimum Gasteiger partial charge on any atom is -0.368 e. The number of morpholine rings is 1. The Morgan fingerprint density at radius 3 is 3.10 bits per heavy atom. The molecule has 21 heavy (non-hydrogen) atoms. The van der Waals surface area contributed by atoms with Gasteiger partial charge in [-0.25, -0.2) is 9.37 Å². The molecule has 0 aliphatic carbocycles. The van der Waals surface area contributed by atoms with Crippen LogP contribution in [0.3, 0.4) is 0 Å². The van der Waals surface area contributed by atoms with Crippen molar-refractivity contribution in [3.8, 4) is 0 Å². The Labute approximate surface area is 132 Å². The molecule has 3 nitrogen and oxygen atoms in total. The minimum absolute atomic E-state index is 0.0112. The number of thiazole rings is 1. The van der Waals surface area contributed by atoms with Crippen LogP contribution in [0.5, 0.6) is 0 Å². The maximum atomic E-state index is 13.3. The van der Waals surface area contributed by atoms with Crippen LogP contribution in [0.2, 0.25) is 5.02 Å². The standard InChI is InChI=1S/C15H16ClFN2OS/c1-10(11-2-3-13(17)12(16)8-11)19-5-6-20-14(9-19)15-18-4-7-21-15/h2-4,7-8,10,14H,5-6,9H2,1H3/t10-,14-/m1/s1. The first kappa shape index (κ1) is 14.9. The van der Waals surface area contributed by atoms with Gasteiger partial charge in [-0.15, -0.1) is 11.3 Å². The molecule has 2 heterocycles. The van der Waals surface area contributed by atoms with E-state index in [1.165, 1.54) is 6.07 Å². The molecule has 6 heteroatoms. The van der Waals surface area contributed by atoms with Crippen molar-refractivity contribution in [2.45, 2.75) is 19.1 Å². The van der Waals surface area contributed by atoms with Crippen molar-refractivity contribution in [3.05, 3.63) is 51.2 Å². The summed E-state index contributed by atoms with van der Waals surface area (Å²) in [5.41, 5.74) is 1.01. The molecule has 3 rings (SSSR count). The Bertz CT molecular complexity index is 608. The normalized spacial score (nSPS) is 21.4. The van der Waals surface area contributed by atoms with Crippen LogP contribution in [0.1, 0.15) is 29.6 Å². The summed E-state index contributed by atoms with van der Waals surface area (Å²) in [6.07, 6.45) is 1.81. The highest BCUT2D eigenvalue weighted by Gasteiger charge is 2.27. The van der Waals surface area contributed by atoms with E-state index in [1.807, 2.05) is 5.38 Å². The number of ether oxygens (including phenoxy) is 1. The summed E-state index contributed by atoms with van der Waals surface area (Å²) in [7, 11) is 0. The second kappa shape index (κ2) is 6.40. The lowest BCUT2D eigenvalue weighted by atomic mass is 10.1. The van der Waals surface area contributed by atoms with E-state index in [2.05, 4.69) is 16.8 Å². The third-order valence-corrected chi connectivity index (χ3v) is 4.96. The van der Waals surface area contributed by atoms with Crippen molar-refractivity contribution < 1.29 is 9.13 Å². The third-order valence-electron chi connectivity index (χ3n) is 3.80. The zero-order valence-electron chi connectivity index (χ0n) is 11.6. The van der Waals surface area contributed by atoms with Gasteiger partial charge in [0.2, 0.25) is 0 Å². The molecular formula is C15H16ClFN2OS. The van der Waals surface area contributed by atoms with E-state index in [0.717, 1.165) is 23.7 Å². The quantitative estimate of drug-likeness (QED) is 0.850. The highest BCUT2D eigenvalue weighted by Crippen LogP contribution is 2.30. The predicted octanol–water partition coefficient (Wildman–Crippen LogP) is 4.07. The van der Waals surface area contributed by atoms with Crippen LogP contribution < -0.4 is 0 Å². The lowest BCUT2D eigenvalue weighted by molar-refractivity contribution is -0.0432. The van der Waals surface area contributed by atoms with E-state index in [1.54, 1.807) is 29.7 Å². The van der Waals surface area contributed by atoms with E-state index >= 15 is 0 Å². The molecule has 1 aromatic carbocycles. The lowest BCUT2D eigenvalue weighted by Crippen LogP contribution is -2.39. The molecule has 1 aliphatic rings. The first-order chi connectivity index (χ1) is 10.1. The molecule has 1 aromatic heterocycles. The van der Waals surface area contributed by atoms with E-state index in [4.69, 9.17) is 16.3 Å². The van der Waals surface area contributed by atoms with Crippen LogP contribution in [0.15, 0.2) is 29.8 Å². The number of hydrogen-bond acceptors (Lipinski definition) is 4. The highest BCUT2D eigenvalue weighted by atomic mass is 35.5. The van der Waals surface area contributed by atoms with Gasteiger partial charge in [-0.3, -0.25) is 4.90 Å². The molecule has 1 saturated heterocycles. The van der Waals surface area contributed by atoms with Crippen molar-refractivity contribution in [1.82, 2.24) is 9.88 Å². The number of halogens is 2. The van der Waals surface area contributed by atoms with Crippen LogP contribution in [-0.2, 0) is 4.74 Å². The maximum Gasteiger partial charge on any atom is 0.141 e. The van der Waals surface area contributed by atoms with Gasteiger partial charge >= 0.3 is 0 Å². The van der Waals surface area contributed by atoms with Gasteiger partial charge in [0.25, 0.3) is 0 Å². The Morgan fingerprint density at radius 2 is 2.38 bits per heavy atom. The Kier molecular flexibility index (Phi) is 4.54. The Balaban J connectivity index is 1.74. The molecule has 0 bridgehead atoms. The van der Waals surface area contributed by atoms with Gasteiger partial charge in [0.1, 0.15) is 16.9 Å². The van der Waals surface area contributed by atoms with Crippen LogP contribution in [0.4, 0.5) is 4.39 Å². The van der Waals surface area contributed by atoms with Crippen molar-refractivity contribution in [3.63, 3.8) is 0 Å². The molecule has 0 radical (unpaired) electrons. The summed E-state index contributed by atoms with van der Waals surface area (Å²) >= 11 is 7.49. The predicted molar refractivity (Wildman–Crippen MR) is 82.2 cm³/mol. The monoisotopic (exact) mass is 326 g/mol. The van der Waals surface area contributed by atoms with Crippen LogP contribution in [-0.4, -0.2) is 29.6 Å². The number of rotatable bonds is 3. The molecule has 2 atom stereocenters. The number of hydrogen-bond donors (Lipinski definition) is 0. The van der Waals surface area contributed by atoms with Crippen LogP contribution in [0, 0.1) is 5.82 Å². The SMILES string of the molecule is C[C@H](c1ccc(F)c(Cl)c1)N1CCO[C@@H](c2nccs2)C1. The van der Waals surface area contributed by atoms with Gasteiger partial charge in [0, 0.05) is 30.7 Å². The average Bonchev–Trinajstić information content (AvgIpc) is 3.04. The summed E-state index contributed by atoms with van der Waals surface area (Å²) in [6.45, 7) is 4.40. The number of aromatic nitrogens is 1. The molecule has 112 valence electrons. The zero-order valence-corrected chi connectivity index (χ0v) is 13.2. The number of nitrogens with zero attached hydrogens (tertiary/aromatic N) is 2. The topological polar surface area (TPSA) is 25.4 Å². The Hall–Kier alpha value is -1.01. The first-order valence-corrected chi connectivity index (χ1v) is 8.11. The van der Waals surface area contributed by atoms with Crippen molar-refractivity contribution in [2.24, 2.45) is 0 Å². The summed E-state index contributed by atoms with van der Waals surface area (Å²) in [4.78, 5) is 6.65. The summed E-state index contributed by atoms with van der Waals surface area (Å²) < 4.78 is 19.1. The van der Waals surface area contributed by atoms with E-state index in [9.17, 15) is 4.39 Å². The molecule has 1 fully saturated rings. The van der Waals surface area contributed by atoms with Crippen molar-refractivity contribution in [2.75, 3.05) is 19.7 Å². The summed E-state index contributed by atoms with van der Waals surface area (Å²) in [5.74, 6) is -0.379. The highest BCUT2D eigenvalue weighted by molar-refractivity contribution is 7.09. The Morgan fingerprint density at radius 1 is 1.52 bits per heavy atom.